The SMILES string of the molecule is Cc1ccc(S(=O)(=O)N2CCC3C2=CC[C@H](C(C)C)N3S(=O)(=O)c2ccc(C)cc2)cc1. The van der Waals surface area contributed by atoms with Gasteiger partial charge in [0.1, 0.15) is 0 Å². The van der Waals surface area contributed by atoms with Crippen molar-refractivity contribution in [3.8, 4) is 0 Å². The van der Waals surface area contributed by atoms with E-state index in [0.717, 1.165) is 11.1 Å². The van der Waals surface area contributed by atoms with Crippen molar-refractivity contribution in [1.29, 1.82) is 0 Å². The van der Waals surface area contributed by atoms with E-state index in [1.54, 1.807) is 52.8 Å². The summed E-state index contributed by atoms with van der Waals surface area (Å²) in [6.07, 6.45) is 2.84. The van der Waals surface area contributed by atoms with Crippen molar-refractivity contribution in [1.82, 2.24) is 8.61 Å². The smallest absolute Gasteiger partial charge is 0.264 e. The van der Waals surface area contributed by atoms with Crippen LogP contribution in [0.5, 0.6) is 0 Å². The van der Waals surface area contributed by atoms with Crippen LogP contribution in [0.2, 0.25) is 0 Å². The Morgan fingerprint density at radius 3 is 1.81 bits per heavy atom. The average Bonchev–Trinajstić information content (AvgIpc) is 3.18. The minimum atomic E-state index is -3.80. The summed E-state index contributed by atoms with van der Waals surface area (Å²) in [5.74, 6) is 0.0933. The van der Waals surface area contributed by atoms with Gasteiger partial charge in [-0.3, -0.25) is 4.31 Å². The van der Waals surface area contributed by atoms with Crippen LogP contribution >= 0.6 is 0 Å². The van der Waals surface area contributed by atoms with Crippen LogP contribution in [-0.2, 0) is 20.0 Å². The maximum atomic E-state index is 13.8. The zero-order valence-corrected chi connectivity index (χ0v) is 20.5. The van der Waals surface area contributed by atoms with Crippen molar-refractivity contribution < 1.29 is 16.8 Å². The maximum Gasteiger partial charge on any atom is 0.264 e. The van der Waals surface area contributed by atoms with Crippen molar-refractivity contribution in [2.75, 3.05) is 6.54 Å². The van der Waals surface area contributed by atoms with Gasteiger partial charge < -0.3 is 0 Å². The molecule has 0 N–H and O–H groups in total. The molecule has 2 heterocycles. The first kappa shape index (κ1) is 23.0. The first-order valence-electron chi connectivity index (χ1n) is 10.9. The van der Waals surface area contributed by atoms with Gasteiger partial charge in [-0.05, 0) is 56.9 Å². The van der Waals surface area contributed by atoms with E-state index in [2.05, 4.69) is 0 Å². The van der Waals surface area contributed by atoms with Gasteiger partial charge in [-0.15, -0.1) is 0 Å². The summed E-state index contributed by atoms with van der Waals surface area (Å²) in [6.45, 7) is 8.11. The highest BCUT2D eigenvalue weighted by molar-refractivity contribution is 7.89. The Labute approximate surface area is 191 Å². The van der Waals surface area contributed by atoms with Crippen molar-refractivity contribution in [2.45, 2.75) is 62.4 Å². The fraction of sp³-hybridized carbons (Fsp3) is 0.417. The second-order valence-electron chi connectivity index (χ2n) is 9.02. The number of hydrogen-bond acceptors (Lipinski definition) is 4. The Bertz CT molecular complexity index is 1230. The van der Waals surface area contributed by atoms with Crippen LogP contribution in [0.15, 0.2) is 70.1 Å². The van der Waals surface area contributed by atoms with Crippen LogP contribution in [-0.4, -0.2) is 44.1 Å². The summed E-state index contributed by atoms with van der Waals surface area (Å²) in [7, 11) is -7.55. The van der Waals surface area contributed by atoms with Gasteiger partial charge in [0.25, 0.3) is 10.0 Å². The van der Waals surface area contributed by atoms with E-state index in [1.165, 1.54) is 4.31 Å². The molecule has 2 atom stereocenters. The van der Waals surface area contributed by atoms with E-state index in [4.69, 9.17) is 0 Å². The molecular formula is C24H30N2O4S2. The molecule has 2 aliphatic heterocycles. The lowest BCUT2D eigenvalue weighted by Crippen LogP contribution is -2.51. The summed E-state index contributed by atoms with van der Waals surface area (Å²) >= 11 is 0. The van der Waals surface area contributed by atoms with Crippen LogP contribution in [0, 0.1) is 19.8 Å². The van der Waals surface area contributed by atoms with Crippen LogP contribution in [0.1, 0.15) is 37.8 Å². The predicted molar refractivity (Wildman–Crippen MR) is 125 cm³/mol. The van der Waals surface area contributed by atoms with Gasteiger partial charge in [-0.1, -0.05) is 55.3 Å². The molecule has 2 aromatic rings. The van der Waals surface area contributed by atoms with Gasteiger partial charge in [-0.25, -0.2) is 16.8 Å². The fourth-order valence-electron chi connectivity index (χ4n) is 4.59. The van der Waals surface area contributed by atoms with Gasteiger partial charge in [0.2, 0.25) is 10.0 Å². The topological polar surface area (TPSA) is 74.8 Å². The van der Waals surface area contributed by atoms with Crippen molar-refractivity contribution in [2.24, 2.45) is 5.92 Å². The summed E-state index contributed by atoms with van der Waals surface area (Å²) in [5.41, 5.74) is 2.54. The molecule has 32 heavy (non-hydrogen) atoms. The molecule has 2 aromatic carbocycles. The lowest BCUT2D eigenvalue weighted by molar-refractivity contribution is 0.210. The molecule has 172 valence electrons. The summed E-state index contributed by atoms with van der Waals surface area (Å²) in [4.78, 5) is 0.471. The molecule has 4 rings (SSSR count). The average molecular weight is 475 g/mol. The highest BCUT2D eigenvalue weighted by Gasteiger charge is 2.48. The first-order chi connectivity index (χ1) is 15.0. The van der Waals surface area contributed by atoms with Crippen molar-refractivity contribution >= 4 is 20.0 Å². The largest absolute Gasteiger partial charge is 0.269 e. The Balaban J connectivity index is 1.75. The zero-order valence-electron chi connectivity index (χ0n) is 18.9. The van der Waals surface area contributed by atoms with E-state index in [1.807, 2.05) is 33.8 Å². The normalized spacial score (nSPS) is 22.2. The van der Waals surface area contributed by atoms with Gasteiger partial charge >= 0.3 is 0 Å². The Hall–Kier alpha value is -2.16. The molecule has 1 saturated heterocycles. The Kier molecular flexibility index (Phi) is 5.98. The maximum absolute atomic E-state index is 13.8. The number of hydrogen-bond donors (Lipinski definition) is 0. The molecule has 0 saturated carbocycles. The summed E-state index contributed by atoms with van der Waals surface area (Å²) in [6, 6.07) is 12.9. The Morgan fingerprint density at radius 2 is 1.31 bits per heavy atom. The minimum Gasteiger partial charge on any atom is -0.269 e. The third-order valence-electron chi connectivity index (χ3n) is 6.41. The molecule has 0 radical (unpaired) electrons. The minimum absolute atomic E-state index is 0.0933. The lowest BCUT2D eigenvalue weighted by Gasteiger charge is -2.41. The molecule has 6 nitrogen and oxygen atoms in total. The molecule has 2 aliphatic rings. The van der Waals surface area contributed by atoms with Crippen LogP contribution in [0.4, 0.5) is 0 Å². The molecule has 1 unspecified atom stereocenters. The number of benzene rings is 2. The van der Waals surface area contributed by atoms with Crippen molar-refractivity contribution in [3.05, 3.63) is 71.4 Å². The predicted octanol–water partition coefficient (Wildman–Crippen LogP) is 4.07. The summed E-state index contributed by atoms with van der Waals surface area (Å²) < 4.78 is 57.3. The second kappa shape index (κ2) is 8.32. The Morgan fingerprint density at radius 1 is 0.812 bits per heavy atom. The number of sulfonamides is 2. The molecule has 0 aromatic heterocycles. The summed E-state index contributed by atoms with van der Waals surface area (Å²) in [5, 5.41) is 0. The number of fused-ring (bicyclic) bond motifs is 1. The quantitative estimate of drug-likeness (QED) is 0.655. The van der Waals surface area contributed by atoms with Crippen LogP contribution < -0.4 is 0 Å². The molecule has 0 bridgehead atoms. The first-order valence-corrected chi connectivity index (χ1v) is 13.8. The van der Waals surface area contributed by atoms with E-state index >= 15 is 0 Å². The molecule has 1 fully saturated rings. The monoisotopic (exact) mass is 474 g/mol. The fourth-order valence-corrected chi connectivity index (χ4v) is 8.11. The molecule has 0 aliphatic carbocycles. The third kappa shape index (κ3) is 3.89. The number of aryl methyl sites for hydroxylation is 2. The zero-order chi connectivity index (χ0) is 23.3. The molecule has 0 spiro atoms. The molecule has 8 heteroatoms. The van der Waals surface area contributed by atoms with Gasteiger partial charge in [0.05, 0.1) is 15.8 Å². The highest BCUT2D eigenvalue weighted by Crippen LogP contribution is 2.41. The van der Waals surface area contributed by atoms with E-state index in [0.29, 0.717) is 18.5 Å². The van der Waals surface area contributed by atoms with Crippen LogP contribution in [0.3, 0.4) is 0 Å². The molecular weight excluding hydrogens is 444 g/mol. The van der Waals surface area contributed by atoms with E-state index in [-0.39, 0.29) is 28.3 Å². The second-order valence-corrected chi connectivity index (χ2v) is 12.7. The van der Waals surface area contributed by atoms with E-state index < -0.39 is 26.1 Å². The standard InChI is InChI=1S/C24H30N2O4S2/c1-17(2)22-13-14-23-24(26(22)32(29,30)21-11-7-19(4)8-12-21)15-16-25(23)31(27,28)20-9-5-18(3)6-10-20/h5-12,14,17,22,24H,13,15-16H2,1-4H3/t22-,24?/m1/s1. The lowest BCUT2D eigenvalue weighted by atomic mass is 9.94. The van der Waals surface area contributed by atoms with E-state index in [9.17, 15) is 16.8 Å². The third-order valence-corrected chi connectivity index (χ3v) is 10.2. The van der Waals surface area contributed by atoms with Crippen molar-refractivity contribution in [3.63, 3.8) is 0 Å². The van der Waals surface area contributed by atoms with Gasteiger partial charge in [0, 0.05) is 18.3 Å². The molecule has 0 amide bonds. The van der Waals surface area contributed by atoms with Gasteiger partial charge in [-0.2, -0.15) is 4.31 Å². The highest BCUT2D eigenvalue weighted by atomic mass is 32.2. The number of rotatable bonds is 5. The number of nitrogens with zero attached hydrogens (tertiary/aromatic N) is 2. The van der Waals surface area contributed by atoms with Gasteiger partial charge in [0.15, 0.2) is 0 Å². The van der Waals surface area contributed by atoms with Crippen LogP contribution in [0.25, 0.3) is 0 Å².